The lowest BCUT2D eigenvalue weighted by molar-refractivity contribution is -0.263. The van der Waals surface area contributed by atoms with Gasteiger partial charge < -0.3 is 14.2 Å². The Balaban J connectivity index is 1.39. The lowest BCUT2D eigenvalue weighted by atomic mass is 9.25. The summed E-state index contributed by atoms with van der Waals surface area (Å²) >= 11 is 0. The second-order valence-electron chi connectivity index (χ2n) is 21.3. The molecule has 4 saturated carbocycles. The van der Waals surface area contributed by atoms with Crippen molar-refractivity contribution in [2.24, 2.45) is 49.2 Å². The fourth-order valence-corrected chi connectivity index (χ4v) is 14.1. The van der Waals surface area contributed by atoms with Crippen LogP contribution in [0.1, 0.15) is 123 Å². The third-order valence-electron chi connectivity index (χ3n) is 17.5. The number of benzene rings is 3. The fourth-order valence-electron chi connectivity index (χ4n) is 14.1. The summed E-state index contributed by atoms with van der Waals surface area (Å²) in [5.41, 5.74) is -7.69. The van der Waals surface area contributed by atoms with Gasteiger partial charge in [-0.15, -0.1) is 0 Å². The zero-order chi connectivity index (χ0) is 45.3. The summed E-state index contributed by atoms with van der Waals surface area (Å²) in [7, 11) is 0. The minimum atomic E-state index is -2.34. The number of ketones is 3. The Morgan fingerprint density at radius 1 is 0.603 bits per heavy atom. The number of ether oxygens (including phenoxy) is 3. The van der Waals surface area contributed by atoms with Gasteiger partial charge in [0.1, 0.15) is 31.0 Å². The van der Waals surface area contributed by atoms with Crippen molar-refractivity contribution < 1.29 is 43.0 Å². The van der Waals surface area contributed by atoms with Gasteiger partial charge in [-0.05, 0) is 96.3 Å². The maximum atomic E-state index is 16.5. The number of allylic oxidation sites excluding steroid dienone is 2. The van der Waals surface area contributed by atoms with Crippen LogP contribution in [0.4, 0.5) is 0 Å². The van der Waals surface area contributed by atoms with Crippen LogP contribution in [-0.2, 0) is 62.8 Å². The SMILES string of the molecule is CC1(C)CC[C@]2(C(=O)C(=O)OCc3ccccc3)CC[C@]3(C)C(C(=O)OCc4ccccc4)(C(=O)C=C4[C@@]5(C)CCC(=O)C(C)(C)C5CC[C@]43C)C2(C(=O)OCc2ccccc2)C1. The molecule has 0 bridgehead atoms. The number of fused-ring (bicyclic) bond motifs is 7. The van der Waals surface area contributed by atoms with E-state index in [1.165, 1.54) is 0 Å². The minimum Gasteiger partial charge on any atom is -0.460 e. The van der Waals surface area contributed by atoms with Crippen molar-refractivity contribution in [1.29, 1.82) is 0 Å². The van der Waals surface area contributed by atoms with Gasteiger partial charge in [-0.25, -0.2) is 4.79 Å². The number of hydrogen-bond donors (Lipinski definition) is 0. The van der Waals surface area contributed by atoms with E-state index in [-0.39, 0.29) is 57.2 Å². The van der Waals surface area contributed by atoms with Gasteiger partial charge in [0, 0.05) is 17.3 Å². The van der Waals surface area contributed by atoms with Crippen molar-refractivity contribution in [3.05, 3.63) is 119 Å². The van der Waals surface area contributed by atoms with E-state index in [0.29, 0.717) is 48.8 Å². The second kappa shape index (κ2) is 15.5. The molecule has 3 unspecified atom stereocenters. The van der Waals surface area contributed by atoms with Crippen molar-refractivity contribution in [1.82, 2.24) is 0 Å². The predicted octanol–water partition coefficient (Wildman–Crippen LogP) is 10.1. The number of esters is 3. The molecule has 0 saturated heterocycles. The fraction of sp³-hybridized carbons (Fsp3) is 0.519. The standard InChI is InChI=1S/C54H62O9/c1-47(2)27-29-52(43(57)44(58)61-32-36-17-11-8-12-18-36)30-28-51(7)50(6)26-23-39-48(3,4)41(55)24-25-49(39,5)40(50)31-42(56)54(51,46(60)63-34-38-21-15-10-16-22-38)53(52,35-47)45(59)62-33-37-19-13-9-14-20-37/h8-22,31,39H,23-30,32-35H2,1-7H3/t39?,49-,50+,51-,52+,53?,54?/m0/s1. The smallest absolute Gasteiger partial charge is 0.375 e. The lowest BCUT2D eigenvalue weighted by Gasteiger charge is -2.74. The Bertz CT molecular complexity index is 2370. The molecule has 8 rings (SSSR count). The van der Waals surface area contributed by atoms with Crippen LogP contribution in [0.25, 0.3) is 0 Å². The predicted molar refractivity (Wildman–Crippen MR) is 236 cm³/mol. The van der Waals surface area contributed by atoms with Crippen molar-refractivity contribution in [3.63, 3.8) is 0 Å². The van der Waals surface area contributed by atoms with Crippen LogP contribution < -0.4 is 0 Å². The minimum absolute atomic E-state index is 0.0350. The summed E-state index contributed by atoms with van der Waals surface area (Å²) in [6.45, 7) is 13.7. The van der Waals surface area contributed by atoms with Gasteiger partial charge in [-0.3, -0.25) is 24.0 Å². The van der Waals surface area contributed by atoms with E-state index in [9.17, 15) is 9.59 Å². The number of carbonyl (C=O) groups excluding carboxylic acids is 6. The molecule has 9 heteroatoms. The summed E-state index contributed by atoms with van der Waals surface area (Å²) in [6, 6.07) is 27.4. The average molecular weight is 855 g/mol. The van der Waals surface area contributed by atoms with E-state index in [1.807, 2.05) is 113 Å². The van der Waals surface area contributed by atoms with Gasteiger partial charge in [-0.1, -0.05) is 145 Å². The molecule has 0 heterocycles. The highest BCUT2D eigenvalue weighted by Gasteiger charge is 2.88. The summed E-state index contributed by atoms with van der Waals surface area (Å²) < 4.78 is 18.7. The van der Waals surface area contributed by atoms with Crippen molar-refractivity contribution in [3.8, 4) is 0 Å². The number of carbonyl (C=O) groups is 6. The van der Waals surface area contributed by atoms with Crippen molar-refractivity contribution >= 4 is 35.3 Å². The van der Waals surface area contributed by atoms with E-state index in [4.69, 9.17) is 14.2 Å². The molecular weight excluding hydrogens is 793 g/mol. The molecule has 0 aliphatic heterocycles. The molecule has 5 aliphatic rings. The first kappa shape index (κ1) is 44.4. The molecular formula is C54H62O9. The Morgan fingerprint density at radius 3 is 1.67 bits per heavy atom. The highest BCUT2D eigenvalue weighted by atomic mass is 16.5. The molecule has 3 aromatic carbocycles. The van der Waals surface area contributed by atoms with E-state index in [1.54, 1.807) is 18.2 Å². The van der Waals surface area contributed by atoms with Crippen LogP contribution in [0.5, 0.6) is 0 Å². The van der Waals surface area contributed by atoms with E-state index >= 15 is 19.2 Å². The van der Waals surface area contributed by atoms with Crippen LogP contribution in [0.2, 0.25) is 0 Å². The number of Topliss-reactive ketones (excluding diaryl/α,β-unsaturated/α-hetero) is 2. The monoisotopic (exact) mass is 854 g/mol. The third kappa shape index (κ3) is 6.36. The summed E-state index contributed by atoms with van der Waals surface area (Å²) in [4.78, 5) is 92.5. The maximum Gasteiger partial charge on any atom is 0.375 e. The molecule has 7 atom stereocenters. The van der Waals surface area contributed by atoms with E-state index < -0.39 is 72.8 Å². The average Bonchev–Trinajstić information content (AvgIpc) is 3.26. The topological polar surface area (TPSA) is 130 Å². The summed E-state index contributed by atoms with van der Waals surface area (Å²) in [6.07, 6.45) is 4.24. The van der Waals surface area contributed by atoms with Gasteiger partial charge >= 0.3 is 17.9 Å². The zero-order valence-corrected chi connectivity index (χ0v) is 38.0. The quantitative estimate of drug-likeness (QED) is 0.0847. The molecule has 332 valence electrons. The Labute approximate surface area is 371 Å². The molecule has 9 nitrogen and oxygen atoms in total. The molecule has 0 amide bonds. The number of hydrogen-bond acceptors (Lipinski definition) is 9. The van der Waals surface area contributed by atoms with Gasteiger partial charge in [0.25, 0.3) is 0 Å². The van der Waals surface area contributed by atoms with Gasteiger partial charge in [0.2, 0.25) is 5.78 Å². The molecule has 0 N–H and O–H groups in total. The maximum absolute atomic E-state index is 16.5. The first-order valence-corrected chi connectivity index (χ1v) is 22.7. The van der Waals surface area contributed by atoms with E-state index in [2.05, 4.69) is 13.8 Å². The van der Waals surface area contributed by atoms with Crippen LogP contribution in [-0.4, -0.2) is 35.3 Å². The molecule has 3 aromatic rings. The molecule has 0 spiro atoms. The van der Waals surface area contributed by atoms with Crippen LogP contribution in [0, 0.1) is 49.2 Å². The molecule has 63 heavy (non-hydrogen) atoms. The van der Waals surface area contributed by atoms with Crippen molar-refractivity contribution in [2.45, 2.75) is 126 Å². The molecule has 0 aromatic heterocycles. The Hall–Kier alpha value is -5.18. The Kier molecular flexibility index (Phi) is 10.9. The Morgan fingerprint density at radius 2 is 1.11 bits per heavy atom. The van der Waals surface area contributed by atoms with Gasteiger partial charge in [0.05, 0.1) is 5.41 Å². The molecule has 0 radical (unpaired) electrons. The normalized spacial score (nSPS) is 33.8. The van der Waals surface area contributed by atoms with Gasteiger partial charge in [-0.2, -0.15) is 0 Å². The number of rotatable bonds is 10. The van der Waals surface area contributed by atoms with Crippen LogP contribution in [0.15, 0.2) is 103 Å². The summed E-state index contributed by atoms with van der Waals surface area (Å²) in [5.74, 6) is -4.31. The van der Waals surface area contributed by atoms with Gasteiger partial charge in [0.15, 0.2) is 11.2 Å². The highest BCUT2D eigenvalue weighted by Crippen LogP contribution is 2.82. The third-order valence-corrected chi connectivity index (χ3v) is 17.5. The first-order chi connectivity index (χ1) is 29.8. The summed E-state index contributed by atoms with van der Waals surface area (Å²) in [5, 5.41) is 0. The lowest BCUT2D eigenvalue weighted by Crippen LogP contribution is -2.80. The van der Waals surface area contributed by atoms with Crippen molar-refractivity contribution in [2.75, 3.05) is 0 Å². The van der Waals surface area contributed by atoms with Crippen LogP contribution in [0.3, 0.4) is 0 Å². The highest BCUT2D eigenvalue weighted by molar-refractivity contribution is 6.37. The zero-order valence-electron chi connectivity index (χ0n) is 38.0. The first-order valence-electron chi connectivity index (χ1n) is 22.7. The van der Waals surface area contributed by atoms with E-state index in [0.717, 1.165) is 5.57 Å². The molecule has 4 fully saturated rings. The second-order valence-corrected chi connectivity index (χ2v) is 21.3. The molecule has 5 aliphatic carbocycles. The largest absolute Gasteiger partial charge is 0.460 e. The van der Waals surface area contributed by atoms with Crippen LogP contribution >= 0.6 is 0 Å².